The first kappa shape index (κ1) is 17.2. The molecule has 0 radical (unpaired) electrons. The van der Waals surface area contributed by atoms with Crippen molar-refractivity contribution in [2.24, 2.45) is 5.92 Å². The zero-order valence-electron chi connectivity index (χ0n) is 13.9. The Hall–Kier alpha value is -1.14. The normalized spacial score (nSPS) is 20.6. The Labute approximate surface area is 137 Å². The first-order valence-electron chi connectivity index (χ1n) is 8.24. The number of hydrogen-bond acceptors (Lipinski definition) is 4. The van der Waals surface area contributed by atoms with Gasteiger partial charge in [0.1, 0.15) is 0 Å². The maximum Gasteiger partial charge on any atom is 0.314 e. The van der Waals surface area contributed by atoms with Gasteiger partial charge in [0.25, 0.3) is 0 Å². The molecule has 2 N–H and O–H groups in total. The molecule has 1 saturated heterocycles. The number of hydrogen-bond donors (Lipinski definition) is 2. The minimum atomic E-state index is -0.0613. The van der Waals surface area contributed by atoms with Gasteiger partial charge in [0.15, 0.2) is 0 Å². The molecule has 1 fully saturated rings. The van der Waals surface area contributed by atoms with E-state index in [4.69, 9.17) is 0 Å². The molecular formula is C16H28N4OS. The number of rotatable bonds is 6. The fraction of sp³-hybridized carbons (Fsp3) is 0.750. The molecule has 1 aliphatic heterocycles. The molecule has 124 valence electrons. The molecule has 1 aromatic rings. The van der Waals surface area contributed by atoms with Crippen molar-refractivity contribution in [3.05, 3.63) is 16.1 Å². The molecule has 2 amide bonds. The fourth-order valence-electron chi connectivity index (χ4n) is 2.84. The smallest absolute Gasteiger partial charge is 0.314 e. The molecule has 6 heteroatoms. The minimum Gasteiger partial charge on any atom is -0.338 e. The highest BCUT2D eigenvalue weighted by molar-refractivity contribution is 7.09. The van der Waals surface area contributed by atoms with E-state index < -0.39 is 0 Å². The lowest BCUT2D eigenvalue weighted by Crippen LogP contribution is -2.44. The maximum absolute atomic E-state index is 11.9. The van der Waals surface area contributed by atoms with E-state index in [1.54, 1.807) is 11.3 Å². The molecule has 1 aliphatic rings. The van der Waals surface area contributed by atoms with Gasteiger partial charge in [-0.1, -0.05) is 13.8 Å². The van der Waals surface area contributed by atoms with Gasteiger partial charge in [-0.05, 0) is 38.8 Å². The summed E-state index contributed by atoms with van der Waals surface area (Å²) in [5.74, 6) is 0.841. The monoisotopic (exact) mass is 324 g/mol. The van der Waals surface area contributed by atoms with E-state index in [1.165, 1.54) is 19.4 Å². The molecule has 2 rings (SSSR count). The van der Waals surface area contributed by atoms with Gasteiger partial charge in [-0.3, -0.25) is 0 Å². The van der Waals surface area contributed by atoms with Crippen molar-refractivity contribution in [2.75, 3.05) is 32.7 Å². The van der Waals surface area contributed by atoms with Crippen LogP contribution in [0.5, 0.6) is 0 Å². The molecule has 0 unspecified atom stereocenters. The summed E-state index contributed by atoms with van der Waals surface area (Å²) >= 11 is 1.66. The standard InChI is InChI=1S/C16H28N4OS/c1-4-20-7-5-6-14(10-20)9-18-16(21)17-8-12(2)15-19-13(3)11-22-15/h11-12,14H,4-10H2,1-3H3,(H2,17,18,21)/t12-,14+/m1/s1. The molecule has 1 aromatic heterocycles. The second-order valence-corrected chi connectivity index (χ2v) is 7.11. The molecule has 5 nitrogen and oxygen atoms in total. The van der Waals surface area contributed by atoms with Crippen molar-refractivity contribution in [2.45, 2.75) is 39.5 Å². The predicted molar refractivity (Wildman–Crippen MR) is 91.5 cm³/mol. The molecule has 0 aromatic carbocycles. The first-order chi connectivity index (χ1) is 10.6. The van der Waals surface area contributed by atoms with Crippen LogP contribution in [0.4, 0.5) is 4.79 Å². The average Bonchev–Trinajstić information content (AvgIpc) is 2.97. The Kier molecular flexibility index (Phi) is 6.64. The van der Waals surface area contributed by atoms with Gasteiger partial charge < -0.3 is 15.5 Å². The summed E-state index contributed by atoms with van der Waals surface area (Å²) in [7, 11) is 0. The minimum absolute atomic E-state index is 0.0613. The number of carbonyl (C=O) groups excluding carboxylic acids is 1. The number of piperidine rings is 1. The number of amides is 2. The number of urea groups is 1. The van der Waals surface area contributed by atoms with E-state index in [0.29, 0.717) is 12.5 Å². The molecule has 0 aliphatic carbocycles. The summed E-state index contributed by atoms with van der Waals surface area (Å²) < 4.78 is 0. The summed E-state index contributed by atoms with van der Waals surface area (Å²) in [6.45, 7) is 11.1. The number of nitrogens with zero attached hydrogens (tertiary/aromatic N) is 2. The van der Waals surface area contributed by atoms with Gasteiger partial charge in [-0.15, -0.1) is 11.3 Å². The Bertz CT molecular complexity index is 476. The SMILES string of the molecule is CCN1CCC[C@@H](CNC(=O)NC[C@@H](C)c2nc(C)cs2)C1. The Morgan fingerprint density at radius 1 is 1.55 bits per heavy atom. The van der Waals surface area contributed by atoms with Gasteiger partial charge in [0.2, 0.25) is 0 Å². The largest absolute Gasteiger partial charge is 0.338 e. The molecule has 2 atom stereocenters. The van der Waals surface area contributed by atoms with Crippen molar-refractivity contribution < 1.29 is 4.79 Å². The number of aromatic nitrogens is 1. The van der Waals surface area contributed by atoms with Crippen LogP contribution in [0.3, 0.4) is 0 Å². The predicted octanol–water partition coefficient (Wildman–Crippen LogP) is 2.59. The summed E-state index contributed by atoms with van der Waals surface area (Å²) in [5.41, 5.74) is 1.05. The van der Waals surface area contributed by atoms with Crippen LogP contribution in [0, 0.1) is 12.8 Å². The average molecular weight is 324 g/mol. The second kappa shape index (κ2) is 8.48. The summed E-state index contributed by atoms with van der Waals surface area (Å²) in [5, 5.41) is 9.11. The van der Waals surface area contributed by atoms with Gasteiger partial charge in [-0.25, -0.2) is 9.78 Å². The summed E-state index contributed by atoms with van der Waals surface area (Å²) in [6.07, 6.45) is 2.45. The van der Waals surface area contributed by atoms with Crippen LogP contribution < -0.4 is 10.6 Å². The van der Waals surface area contributed by atoms with Crippen LogP contribution in [0.2, 0.25) is 0 Å². The highest BCUT2D eigenvalue weighted by Crippen LogP contribution is 2.19. The highest BCUT2D eigenvalue weighted by Gasteiger charge is 2.19. The van der Waals surface area contributed by atoms with E-state index >= 15 is 0 Å². The molecular weight excluding hydrogens is 296 g/mol. The van der Waals surface area contributed by atoms with Crippen LogP contribution in [0.1, 0.15) is 43.3 Å². The molecule has 0 spiro atoms. The van der Waals surface area contributed by atoms with Crippen LogP contribution in [0.25, 0.3) is 0 Å². The fourth-order valence-corrected chi connectivity index (χ4v) is 3.69. The molecule has 2 heterocycles. The molecule has 0 bridgehead atoms. The van der Waals surface area contributed by atoms with Crippen molar-refractivity contribution in [1.29, 1.82) is 0 Å². The maximum atomic E-state index is 11.9. The van der Waals surface area contributed by atoms with Crippen LogP contribution in [0.15, 0.2) is 5.38 Å². The number of likely N-dealkylation sites (tertiary alicyclic amines) is 1. The third kappa shape index (κ3) is 5.25. The zero-order valence-corrected chi connectivity index (χ0v) is 14.7. The number of aryl methyl sites for hydroxylation is 1. The van der Waals surface area contributed by atoms with Crippen molar-refractivity contribution in [3.8, 4) is 0 Å². The third-order valence-corrected chi connectivity index (χ3v) is 5.42. The number of thiazole rings is 1. The third-order valence-electron chi connectivity index (χ3n) is 4.23. The van der Waals surface area contributed by atoms with Gasteiger partial charge in [0.05, 0.1) is 5.01 Å². The quantitative estimate of drug-likeness (QED) is 0.845. The van der Waals surface area contributed by atoms with Gasteiger partial charge in [0, 0.05) is 36.6 Å². The van der Waals surface area contributed by atoms with E-state index in [1.807, 2.05) is 6.92 Å². The number of nitrogens with one attached hydrogen (secondary N) is 2. The Balaban J connectivity index is 1.65. The zero-order chi connectivity index (χ0) is 15.9. The molecule has 0 saturated carbocycles. The van der Waals surface area contributed by atoms with Crippen LogP contribution >= 0.6 is 11.3 Å². The van der Waals surface area contributed by atoms with Crippen LogP contribution in [-0.4, -0.2) is 48.6 Å². The van der Waals surface area contributed by atoms with Crippen molar-refractivity contribution >= 4 is 17.4 Å². The topological polar surface area (TPSA) is 57.3 Å². The number of carbonyl (C=O) groups is 1. The van der Waals surface area contributed by atoms with Crippen molar-refractivity contribution in [1.82, 2.24) is 20.5 Å². The second-order valence-electron chi connectivity index (χ2n) is 6.22. The summed E-state index contributed by atoms with van der Waals surface area (Å²) in [4.78, 5) is 18.9. The van der Waals surface area contributed by atoms with Crippen molar-refractivity contribution in [3.63, 3.8) is 0 Å². The van der Waals surface area contributed by atoms with Gasteiger partial charge in [-0.2, -0.15) is 0 Å². The van der Waals surface area contributed by atoms with E-state index in [9.17, 15) is 4.79 Å². The Morgan fingerprint density at radius 2 is 2.36 bits per heavy atom. The molecule has 22 heavy (non-hydrogen) atoms. The summed E-state index contributed by atoms with van der Waals surface area (Å²) in [6, 6.07) is -0.0613. The lowest BCUT2D eigenvalue weighted by atomic mass is 9.98. The first-order valence-corrected chi connectivity index (χ1v) is 9.12. The van der Waals surface area contributed by atoms with E-state index in [-0.39, 0.29) is 11.9 Å². The Morgan fingerprint density at radius 3 is 3.05 bits per heavy atom. The lowest BCUT2D eigenvalue weighted by Gasteiger charge is -2.31. The van der Waals surface area contributed by atoms with E-state index in [2.05, 4.69) is 39.7 Å². The lowest BCUT2D eigenvalue weighted by molar-refractivity contribution is 0.179. The van der Waals surface area contributed by atoms with Crippen LogP contribution in [-0.2, 0) is 0 Å². The van der Waals surface area contributed by atoms with E-state index in [0.717, 1.165) is 30.3 Å². The van der Waals surface area contributed by atoms with Gasteiger partial charge >= 0.3 is 6.03 Å². The highest BCUT2D eigenvalue weighted by atomic mass is 32.1.